The van der Waals surface area contributed by atoms with Crippen LogP contribution in [0.2, 0.25) is 0 Å². The molecule has 1 atom stereocenters. The van der Waals surface area contributed by atoms with Gasteiger partial charge in [-0.15, -0.1) is 0 Å². The summed E-state index contributed by atoms with van der Waals surface area (Å²) in [4.78, 5) is 19.1. The molecule has 7 heteroatoms. The molecule has 1 amide bonds. The lowest BCUT2D eigenvalue weighted by molar-refractivity contribution is 0.0660. The monoisotopic (exact) mass is 333 g/mol. The van der Waals surface area contributed by atoms with Crippen molar-refractivity contribution in [3.05, 3.63) is 23.8 Å². The van der Waals surface area contributed by atoms with Crippen LogP contribution in [0.3, 0.4) is 0 Å². The Labute approximate surface area is 143 Å². The summed E-state index contributed by atoms with van der Waals surface area (Å²) in [6.45, 7) is 10.2. The number of carbonyl (C=O) groups is 1. The average Bonchev–Trinajstić information content (AvgIpc) is 3.15. The molecule has 0 aromatic carbocycles. The Morgan fingerprint density at radius 1 is 1.42 bits per heavy atom. The summed E-state index contributed by atoms with van der Waals surface area (Å²) >= 11 is 0. The van der Waals surface area contributed by atoms with Crippen molar-refractivity contribution in [1.82, 2.24) is 25.0 Å². The van der Waals surface area contributed by atoms with E-state index in [0.29, 0.717) is 11.6 Å². The fourth-order valence-electron chi connectivity index (χ4n) is 3.60. The van der Waals surface area contributed by atoms with Crippen molar-refractivity contribution in [3.8, 4) is 0 Å². The molecule has 1 aromatic heterocycles. The summed E-state index contributed by atoms with van der Waals surface area (Å²) in [6.07, 6.45) is 5.75. The van der Waals surface area contributed by atoms with E-state index in [0.717, 1.165) is 39.1 Å². The lowest BCUT2D eigenvalue weighted by atomic mass is 9.91. The molecule has 1 unspecified atom stereocenters. The second kappa shape index (κ2) is 6.45. The van der Waals surface area contributed by atoms with E-state index in [1.165, 1.54) is 11.9 Å². The van der Waals surface area contributed by atoms with Crippen LogP contribution in [0, 0.1) is 11.3 Å². The van der Waals surface area contributed by atoms with E-state index in [4.69, 9.17) is 0 Å². The second-order valence-corrected chi connectivity index (χ2v) is 8.09. The van der Waals surface area contributed by atoms with E-state index in [1.807, 2.05) is 4.90 Å². The second-order valence-electron chi connectivity index (χ2n) is 8.09. The minimum Gasteiger partial charge on any atom is -0.361 e. The zero-order valence-electron chi connectivity index (χ0n) is 15.0. The number of piperidine rings is 1. The highest BCUT2D eigenvalue weighted by atomic mass is 16.6. The lowest BCUT2D eigenvalue weighted by Crippen LogP contribution is -2.43. The van der Waals surface area contributed by atoms with Crippen LogP contribution < -0.4 is 0 Å². The zero-order chi connectivity index (χ0) is 17.3. The zero-order valence-corrected chi connectivity index (χ0v) is 15.0. The predicted octanol–water partition coefficient (Wildman–Crippen LogP) is 2.01. The molecule has 0 spiro atoms. The van der Waals surface area contributed by atoms with E-state index in [-0.39, 0.29) is 11.3 Å². The van der Waals surface area contributed by atoms with Crippen molar-refractivity contribution in [2.75, 3.05) is 33.4 Å². The van der Waals surface area contributed by atoms with Crippen molar-refractivity contribution in [2.45, 2.75) is 33.6 Å². The van der Waals surface area contributed by atoms with Crippen LogP contribution in [0.1, 0.15) is 44.1 Å². The fourth-order valence-corrected chi connectivity index (χ4v) is 3.60. The third kappa shape index (κ3) is 3.71. The molecule has 0 bridgehead atoms. The Morgan fingerprint density at radius 2 is 2.21 bits per heavy atom. The molecular formula is C17H27N5O2. The number of carbonyl (C=O) groups excluding carboxylic acids is 1. The van der Waals surface area contributed by atoms with Crippen molar-refractivity contribution in [1.29, 1.82) is 0 Å². The van der Waals surface area contributed by atoms with Gasteiger partial charge >= 0.3 is 0 Å². The molecule has 1 aromatic rings. The Morgan fingerprint density at radius 3 is 2.88 bits per heavy atom. The van der Waals surface area contributed by atoms with Crippen LogP contribution >= 0.6 is 0 Å². The maximum Gasteiger partial charge on any atom is 0.277 e. The number of hydrogen-bond acceptors (Lipinski definition) is 6. The Kier molecular flexibility index (Phi) is 4.51. The van der Waals surface area contributed by atoms with Crippen LogP contribution in [0.15, 0.2) is 22.7 Å². The highest BCUT2D eigenvalue weighted by molar-refractivity contribution is 5.91. The van der Waals surface area contributed by atoms with Gasteiger partial charge in [0.05, 0.1) is 6.67 Å². The maximum atomic E-state index is 12.5. The molecule has 0 saturated carbocycles. The minimum atomic E-state index is -0.0877. The summed E-state index contributed by atoms with van der Waals surface area (Å²) in [5.41, 5.74) is 1.88. The minimum absolute atomic E-state index is 0.0877. The molecule has 3 rings (SSSR count). The predicted molar refractivity (Wildman–Crippen MR) is 89.8 cm³/mol. The number of likely N-dealkylation sites (tertiary alicyclic amines) is 1. The molecule has 7 nitrogen and oxygen atoms in total. The van der Waals surface area contributed by atoms with Gasteiger partial charge in [0.1, 0.15) is 6.20 Å². The number of aromatic nitrogens is 2. The standard InChI is InChI=1S/C17H27N5O2/c1-17(2,3)11-22-12-20(4)10-15(22)13-6-5-7-21(9-13)16(23)14-8-18-24-19-14/h8,10,13H,5-7,9,11-12H2,1-4H3. The van der Waals surface area contributed by atoms with E-state index in [1.54, 1.807) is 0 Å². The number of rotatable bonds is 3. The van der Waals surface area contributed by atoms with Gasteiger partial charge in [0, 0.05) is 44.5 Å². The number of nitrogens with zero attached hydrogens (tertiary/aromatic N) is 5. The largest absolute Gasteiger partial charge is 0.361 e. The molecule has 0 aliphatic carbocycles. The molecule has 0 N–H and O–H groups in total. The molecule has 24 heavy (non-hydrogen) atoms. The van der Waals surface area contributed by atoms with E-state index in [9.17, 15) is 4.79 Å². The smallest absolute Gasteiger partial charge is 0.277 e. The average molecular weight is 333 g/mol. The van der Waals surface area contributed by atoms with Crippen LogP contribution in [0.4, 0.5) is 0 Å². The van der Waals surface area contributed by atoms with Crippen molar-refractivity contribution >= 4 is 5.91 Å². The quantitative estimate of drug-likeness (QED) is 0.843. The van der Waals surface area contributed by atoms with Gasteiger partial charge in [-0.2, -0.15) is 0 Å². The highest BCUT2D eigenvalue weighted by Crippen LogP contribution is 2.32. The van der Waals surface area contributed by atoms with Gasteiger partial charge in [0.2, 0.25) is 0 Å². The summed E-state index contributed by atoms with van der Waals surface area (Å²) in [7, 11) is 2.11. The maximum absolute atomic E-state index is 12.5. The molecular weight excluding hydrogens is 306 g/mol. The van der Waals surface area contributed by atoms with Gasteiger partial charge < -0.3 is 14.7 Å². The van der Waals surface area contributed by atoms with Crippen LogP contribution in [-0.2, 0) is 0 Å². The van der Waals surface area contributed by atoms with Crippen molar-refractivity contribution in [2.24, 2.45) is 11.3 Å². The van der Waals surface area contributed by atoms with E-state index >= 15 is 0 Å². The van der Waals surface area contributed by atoms with E-state index < -0.39 is 0 Å². The van der Waals surface area contributed by atoms with Gasteiger partial charge in [-0.25, -0.2) is 4.63 Å². The first-order valence-corrected chi connectivity index (χ1v) is 8.57. The van der Waals surface area contributed by atoms with E-state index in [2.05, 4.69) is 58.8 Å². The SMILES string of the molecule is CN1C=C(C2CCCN(C(=O)c3cnon3)C2)N(CC(C)(C)C)C1. The van der Waals surface area contributed by atoms with Gasteiger partial charge in [-0.3, -0.25) is 4.79 Å². The third-order valence-corrected chi connectivity index (χ3v) is 4.48. The normalized spacial score (nSPS) is 22.1. The van der Waals surface area contributed by atoms with Crippen LogP contribution in [-0.4, -0.2) is 64.3 Å². The number of amides is 1. The molecule has 1 fully saturated rings. The lowest BCUT2D eigenvalue weighted by Gasteiger charge is -2.37. The first-order valence-electron chi connectivity index (χ1n) is 8.57. The topological polar surface area (TPSA) is 65.7 Å². The van der Waals surface area contributed by atoms with Crippen LogP contribution in [0.25, 0.3) is 0 Å². The summed E-state index contributed by atoms with van der Waals surface area (Å²) in [5, 5.41) is 7.22. The molecule has 2 aliphatic heterocycles. The first-order chi connectivity index (χ1) is 11.3. The van der Waals surface area contributed by atoms with Gasteiger partial charge in [0.25, 0.3) is 5.91 Å². The summed E-state index contributed by atoms with van der Waals surface area (Å²) in [5.74, 6) is 0.283. The van der Waals surface area contributed by atoms with Crippen molar-refractivity contribution in [3.63, 3.8) is 0 Å². The Bertz CT molecular complexity index is 605. The van der Waals surface area contributed by atoms with Gasteiger partial charge in [0.15, 0.2) is 5.69 Å². The third-order valence-electron chi connectivity index (χ3n) is 4.48. The molecule has 0 radical (unpaired) electrons. The molecule has 3 heterocycles. The molecule has 1 saturated heterocycles. The Balaban J connectivity index is 1.71. The van der Waals surface area contributed by atoms with Crippen LogP contribution in [0.5, 0.6) is 0 Å². The van der Waals surface area contributed by atoms with Gasteiger partial charge in [-0.05, 0) is 23.4 Å². The number of hydrogen-bond donors (Lipinski definition) is 0. The Hall–Kier alpha value is -2.05. The fraction of sp³-hybridized carbons (Fsp3) is 0.706. The summed E-state index contributed by atoms with van der Waals surface area (Å²) in [6, 6.07) is 0. The summed E-state index contributed by atoms with van der Waals surface area (Å²) < 4.78 is 4.57. The highest BCUT2D eigenvalue weighted by Gasteiger charge is 2.33. The first kappa shape index (κ1) is 16.8. The molecule has 2 aliphatic rings. The van der Waals surface area contributed by atoms with Gasteiger partial charge in [-0.1, -0.05) is 25.9 Å². The molecule has 132 valence electrons. The van der Waals surface area contributed by atoms with Crippen molar-refractivity contribution < 1.29 is 9.42 Å².